The lowest BCUT2D eigenvalue weighted by molar-refractivity contribution is -0.148. The van der Waals surface area contributed by atoms with Crippen molar-refractivity contribution in [3.8, 4) is 11.5 Å². The van der Waals surface area contributed by atoms with Crippen LogP contribution in [-0.2, 0) is 19.1 Å². The molecule has 0 amide bonds. The third kappa shape index (κ3) is 8.21. The molecule has 0 radical (unpaired) electrons. The molecule has 0 unspecified atom stereocenters. The van der Waals surface area contributed by atoms with Gasteiger partial charge < -0.3 is 18.9 Å². The Bertz CT molecular complexity index is 498. The van der Waals surface area contributed by atoms with Crippen LogP contribution in [0.1, 0.15) is 33.6 Å². The maximum absolute atomic E-state index is 11.8. The number of benzene rings is 1. The van der Waals surface area contributed by atoms with E-state index in [0.29, 0.717) is 24.7 Å². The predicted octanol–water partition coefficient (Wildman–Crippen LogP) is 2.74. The van der Waals surface area contributed by atoms with E-state index in [1.54, 1.807) is 24.3 Å². The summed E-state index contributed by atoms with van der Waals surface area (Å²) in [5.41, 5.74) is 0. The van der Waals surface area contributed by atoms with E-state index in [-0.39, 0.29) is 25.6 Å². The van der Waals surface area contributed by atoms with Gasteiger partial charge in [-0.1, -0.05) is 12.1 Å². The number of carbonyl (C=O) groups is 2. The number of rotatable bonds is 10. The molecule has 23 heavy (non-hydrogen) atoms. The van der Waals surface area contributed by atoms with Gasteiger partial charge in [0.15, 0.2) is 11.5 Å². The lowest BCUT2D eigenvalue weighted by Crippen LogP contribution is -2.15. The first kappa shape index (κ1) is 19.0. The van der Waals surface area contributed by atoms with Crippen molar-refractivity contribution >= 4 is 11.9 Å². The zero-order valence-corrected chi connectivity index (χ0v) is 13.9. The summed E-state index contributed by atoms with van der Waals surface area (Å²) in [5, 5.41) is 0. The predicted molar refractivity (Wildman–Crippen MR) is 84.5 cm³/mol. The number of hydrogen-bond acceptors (Lipinski definition) is 6. The van der Waals surface area contributed by atoms with Gasteiger partial charge in [-0.3, -0.25) is 9.59 Å². The normalized spacial score (nSPS) is 10.4. The molecule has 0 fully saturated rings. The first-order chi connectivity index (χ1) is 11.0. The highest BCUT2D eigenvalue weighted by Gasteiger charge is 2.13. The highest BCUT2D eigenvalue weighted by Crippen LogP contribution is 2.27. The third-order valence-corrected chi connectivity index (χ3v) is 2.66. The number of ether oxygens (including phenoxy) is 4. The highest BCUT2D eigenvalue weighted by molar-refractivity contribution is 5.79. The Kier molecular flexibility index (Phi) is 8.75. The van der Waals surface area contributed by atoms with E-state index >= 15 is 0 Å². The second-order valence-electron chi connectivity index (χ2n) is 5.00. The van der Waals surface area contributed by atoms with Crippen molar-refractivity contribution in [2.24, 2.45) is 0 Å². The van der Waals surface area contributed by atoms with Gasteiger partial charge in [0.2, 0.25) is 0 Å². The fraction of sp³-hybridized carbons (Fsp3) is 0.529. The minimum absolute atomic E-state index is 0.0296. The molecule has 0 saturated carbocycles. The lowest BCUT2D eigenvalue weighted by atomic mass is 10.3. The lowest BCUT2D eigenvalue weighted by Gasteiger charge is -2.13. The molecular weight excluding hydrogens is 300 g/mol. The Morgan fingerprint density at radius 2 is 1.65 bits per heavy atom. The van der Waals surface area contributed by atoms with Crippen molar-refractivity contribution in [3.05, 3.63) is 24.3 Å². The molecular formula is C17H24O6. The van der Waals surface area contributed by atoms with Gasteiger partial charge in [-0.2, -0.15) is 0 Å². The summed E-state index contributed by atoms with van der Waals surface area (Å²) in [5.74, 6) is -0.119. The molecule has 1 aromatic carbocycles. The molecule has 128 valence electrons. The highest BCUT2D eigenvalue weighted by atomic mass is 16.6. The van der Waals surface area contributed by atoms with Gasteiger partial charge in [0, 0.05) is 6.61 Å². The van der Waals surface area contributed by atoms with E-state index < -0.39 is 11.9 Å². The summed E-state index contributed by atoms with van der Waals surface area (Å²) >= 11 is 0. The Balaban J connectivity index is 2.38. The number of para-hydroxylation sites is 2. The molecule has 6 nitrogen and oxygen atoms in total. The van der Waals surface area contributed by atoms with Crippen LogP contribution < -0.4 is 9.47 Å². The minimum Gasteiger partial charge on any atom is -0.487 e. The average Bonchev–Trinajstić information content (AvgIpc) is 2.51. The summed E-state index contributed by atoms with van der Waals surface area (Å²) in [4.78, 5) is 23.3. The van der Waals surface area contributed by atoms with Gasteiger partial charge in [-0.15, -0.1) is 0 Å². The molecule has 1 aromatic rings. The molecule has 0 aromatic heterocycles. The number of esters is 2. The molecule has 0 aliphatic rings. The molecule has 0 aliphatic heterocycles. The van der Waals surface area contributed by atoms with Crippen LogP contribution in [0.4, 0.5) is 0 Å². The Labute approximate surface area is 136 Å². The molecule has 6 heteroatoms. The molecule has 0 spiro atoms. The van der Waals surface area contributed by atoms with Crippen molar-refractivity contribution in [1.29, 1.82) is 0 Å². The fourth-order valence-electron chi connectivity index (χ4n) is 1.69. The van der Waals surface area contributed by atoms with Crippen LogP contribution in [0.3, 0.4) is 0 Å². The zero-order chi connectivity index (χ0) is 17.1. The number of carbonyl (C=O) groups excluding carboxylic acids is 2. The van der Waals surface area contributed by atoms with E-state index in [1.165, 1.54) is 0 Å². The van der Waals surface area contributed by atoms with E-state index in [4.69, 9.17) is 18.9 Å². The van der Waals surface area contributed by atoms with Crippen LogP contribution >= 0.6 is 0 Å². The van der Waals surface area contributed by atoms with Crippen LogP contribution in [-0.4, -0.2) is 37.9 Å². The van der Waals surface area contributed by atoms with Crippen molar-refractivity contribution in [1.82, 2.24) is 0 Å². The largest absolute Gasteiger partial charge is 0.487 e. The SMILES string of the molecule is CCOCCOC(=O)CCC(=O)Oc1ccccc1OC(C)C. The summed E-state index contributed by atoms with van der Waals surface area (Å²) in [6.45, 7) is 6.74. The van der Waals surface area contributed by atoms with E-state index in [0.717, 1.165) is 0 Å². The third-order valence-electron chi connectivity index (χ3n) is 2.66. The molecule has 0 N–H and O–H groups in total. The second-order valence-corrected chi connectivity index (χ2v) is 5.00. The van der Waals surface area contributed by atoms with Gasteiger partial charge in [-0.25, -0.2) is 0 Å². The monoisotopic (exact) mass is 324 g/mol. The minimum atomic E-state index is -0.508. The average molecular weight is 324 g/mol. The molecule has 0 aliphatic carbocycles. The molecule has 0 atom stereocenters. The smallest absolute Gasteiger partial charge is 0.311 e. The van der Waals surface area contributed by atoms with Crippen molar-refractivity contribution < 1.29 is 28.5 Å². The van der Waals surface area contributed by atoms with E-state index in [1.807, 2.05) is 20.8 Å². The van der Waals surface area contributed by atoms with Crippen LogP contribution in [0.15, 0.2) is 24.3 Å². The summed E-state index contributed by atoms with van der Waals surface area (Å²) in [6, 6.07) is 6.92. The van der Waals surface area contributed by atoms with E-state index in [2.05, 4.69) is 0 Å². The maximum atomic E-state index is 11.8. The van der Waals surface area contributed by atoms with Crippen LogP contribution in [0.5, 0.6) is 11.5 Å². The summed E-state index contributed by atoms with van der Waals surface area (Å²) in [6.07, 6.45) is -0.114. The van der Waals surface area contributed by atoms with E-state index in [9.17, 15) is 9.59 Å². The molecule has 0 saturated heterocycles. The van der Waals surface area contributed by atoms with Gasteiger partial charge in [0.25, 0.3) is 0 Å². The van der Waals surface area contributed by atoms with Gasteiger partial charge in [0.05, 0.1) is 25.6 Å². The van der Waals surface area contributed by atoms with Crippen molar-refractivity contribution in [2.45, 2.75) is 39.7 Å². The van der Waals surface area contributed by atoms with Crippen molar-refractivity contribution in [3.63, 3.8) is 0 Å². The Hall–Kier alpha value is -2.08. The van der Waals surface area contributed by atoms with Crippen molar-refractivity contribution in [2.75, 3.05) is 19.8 Å². The maximum Gasteiger partial charge on any atom is 0.311 e. The van der Waals surface area contributed by atoms with Gasteiger partial charge in [-0.05, 0) is 32.9 Å². The van der Waals surface area contributed by atoms with Crippen LogP contribution in [0, 0.1) is 0 Å². The summed E-state index contributed by atoms with van der Waals surface area (Å²) in [7, 11) is 0. The first-order valence-electron chi connectivity index (χ1n) is 7.72. The Morgan fingerprint density at radius 3 is 2.30 bits per heavy atom. The molecule has 0 heterocycles. The molecule has 1 rings (SSSR count). The second kappa shape index (κ2) is 10.6. The quantitative estimate of drug-likeness (QED) is 0.374. The first-order valence-corrected chi connectivity index (χ1v) is 7.72. The standard InChI is InChI=1S/C17H24O6/c1-4-20-11-12-21-16(18)9-10-17(19)23-15-8-6-5-7-14(15)22-13(2)3/h5-8,13H,4,9-12H2,1-3H3. The molecule has 0 bridgehead atoms. The zero-order valence-electron chi connectivity index (χ0n) is 13.9. The van der Waals surface area contributed by atoms with Crippen LogP contribution in [0.25, 0.3) is 0 Å². The number of hydrogen-bond donors (Lipinski definition) is 0. The topological polar surface area (TPSA) is 71.1 Å². The fourth-order valence-corrected chi connectivity index (χ4v) is 1.69. The Morgan fingerprint density at radius 1 is 1.00 bits per heavy atom. The van der Waals surface area contributed by atoms with Gasteiger partial charge >= 0.3 is 11.9 Å². The summed E-state index contributed by atoms with van der Waals surface area (Å²) < 4.78 is 20.8. The van der Waals surface area contributed by atoms with Crippen LogP contribution in [0.2, 0.25) is 0 Å². The van der Waals surface area contributed by atoms with Gasteiger partial charge in [0.1, 0.15) is 6.61 Å².